The minimum atomic E-state index is -0.283. The van der Waals surface area contributed by atoms with Crippen molar-refractivity contribution in [3.8, 4) is 0 Å². The second-order valence-electron chi connectivity index (χ2n) is 3.34. The minimum Gasteiger partial charge on any atom is -1.00 e. The zero-order valence-corrected chi connectivity index (χ0v) is 11.7. The first kappa shape index (κ1) is 14.7. The van der Waals surface area contributed by atoms with E-state index in [-0.39, 0.29) is 44.0 Å². The molecule has 0 aliphatic rings. The molecule has 0 rings (SSSR count). The zero-order valence-electron chi connectivity index (χ0n) is 7.80. The molecule has 0 saturated carbocycles. The molecule has 2 unspecified atom stereocenters. The van der Waals surface area contributed by atoms with Gasteiger partial charge in [-0.05, 0) is 0 Å². The molecule has 0 aromatic carbocycles. The van der Waals surface area contributed by atoms with Crippen molar-refractivity contribution in [1.82, 2.24) is 0 Å². The van der Waals surface area contributed by atoms with Gasteiger partial charge in [0.05, 0.1) is 0 Å². The second kappa shape index (κ2) is 7.84. The summed E-state index contributed by atoms with van der Waals surface area (Å²) in [6.07, 6.45) is 0.863. The SMILES string of the molecule is CC(O)CC(C)C[Se+](C)C.[I-]. The van der Waals surface area contributed by atoms with Crippen LogP contribution in [0.4, 0.5) is 0 Å². The first-order chi connectivity index (χ1) is 4.52. The Morgan fingerprint density at radius 1 is 1.27 bits per heavy atom. The van der Waals surface area contributed by atoms with Gasteiger partial charge in [0, 0.05) is 0 Å². The zero-order chi connectivity index (χ0) is 8.15. The molecule has 0 radical (unpaired) electrons. The number of aliphatic hydroxyl groups excluding tert-OH is 1. The van der Waals surface area contributed by atoms with Crippen molar-refractivity contribution in [3.05, 3.63) is 0 Å². The standard InChI is InChI=1S/C8H19OSe.HI/c1-7(5-8(2)9)6-10(3)4;/h7-9H,5-6H2,1-4H3;1H/q+1;/p-1. The van der Waals surface area contributed by atoms with Crippen molar-refractivity contribution < 1.29 is 29.1 Å². The van der Waals surface area contributed by atoms with E-state index in [0.29, 0.717) is 0 Å². The van der Waals surface area contributed by atoms with Crippen molar-refractivity contribution in [2.45, 2.75) is 43.3 Å². The van der Waals surface area contributed by atoms with Crippen LogP contribution >= 0.6 is 0 Å². The molecule has 0 saturated heterocycles. The summed E-state index contributed by atoms with van der Waals surface area (Å²) in [6.45, 7) is 4.10. The predicted octanol–water partition coefficient (Wildman–Crippen LogP) is -0.848. The van der Waals surface area contributed by atoms with Crippen molar-refractivity contribution in [2.24, 2.45) is 5.92 Å². The first-order valence-corrected chi connectivity index (χ1v) is 8.38. The Morgan fingerprint density at radius 3 is 2.00 bits per heavy atom. The molecule has 0 aliphatic carbocycles. The van der Waals surface area contributed by atoms with Crippen LogP contribution in [-0.2, 0) is 0 Å². The summed E-state index contributed by atoms with van der Waals surface area (Å²) in [5.74, 6) is 5.41. The number of hydrogen-bond donors (Lipinski definition) is 1. The average Bonchev–Trinajstić information content (AvgIpc) is 1.58. The van der Waals surface area contributed by atoms with Gasteiger partial charge in [0.15, 0.2) is 0 Å². The van der Waals surface area contributed by atoms with Gasteiger partial charge in [-0.1, -0.05) is 0 Å². The topological polar surface area (TPSA) is 20.2 Å². The largest absolute Gasteiger partial charge is 1.00 e. The Hall–Kier alpha value is 1.21. The number of aliphatic hydroxyl groups is 1. The van der Waals surface area contributed by atoms with E-state index in [2.05, 4.69) is 18.6 Å². The maximum atomic E-state index is 9.05. The summed E-state index contributed by atoms with van der Waals surface area (Å²) >= 11 is -0.283. The number of hydrogen-bond acceptors (Lipinski definition) is 1. The van der Waals surface area contributed by atoms with E-state index in [9.17, 15) is 0 Å². The fourth-order valence-electron chi connectivity index (χ4n) is 1.22. The molecule has 2 atom stereocenters. The van der Waals surface area contributed by atoms with Gasteiger partial charge < -0.3 is 24.0 Å². The van der Waals surface area contributed by atoms with Gasteiger partial charge in [-0.25, -0.2) is 0 Å². The quantitative estimate of drug-likeness (QED) is 0.524. The van der Waals surface area contributed by atoms with E-state index >= 15 is 0 Å². The van der Waals surface area contributed by atoms with Crippen LogP contribution in [0.5, 0.6) is 0 Å². The summed E-state index contributed by atoms with van der Waals surface area (Å²) in [5, 5.41) is 10.4. The molecule has 0 spiro atoms. The average molecular weight is 337 g/mol. The van der Waals surface area contributed by atoms with E-state index in [1.54, 1.807) is 0 Å². The Morgan fingerprint density at radius 2 is 1.73 bits per heavy atom. The van der Waals surface area contributed by atoms with Crippen LogP contribution in [0.1, 0.15) is 20.3 Å². The van der Waals surface area contributed by atoms with Gasteiger partial charge in [0.25, 0.3) is 0 Å². The summed E-state index contributed by atoms with van der Waals surface area (Å²) in [6, 6.07) is 0. The van der Waals surface area contributed by atoms with E-state index in [4.69, 9.17) is 5.11 Å². The molecule has 0 heterocycles. The maximum absolute atomic E-state index is 9.05. The van der Waals surface area contributed by atoms with Crippen LogP contribution < -0.4 is 24.0 Å². The van der Waals surface area contributed by atoms with Crippen molar-refractivity contribution in [1.29, 1.82) is 0 Å². The predicted molar refractivity (Wildman–Crippen MR) is 47.8 cm³/mol. The molecule has 1 nitrogen and oxygen atoms in total. The first-order valence-electron chi connectivity index (χ1n) is 3.74. The summed E-state index contributed by atoms with van der Waals surface area (Å²) in [4.78, 5) is 0. The third-order valence-corrected chi connectivity index (χ3v) is 3.95. The van der Waals surface area contributed by atoms with E-state index in [1.165, 1.54) is 5.32 Å². The molecule has 1 N–H and O–H groups in total. The summed E-state index contributed by atoms with van der Waals surface area (Å²) < 4.78 is 0. The van der Waals surface area contributed by atoms with Gasteiger partial charge in [-0.2, -0.15) is 0 Å². The van der Waals surface area contributed by atoms with E-state index in [1.807, 2.05) is 6.92 Å². The fraction of sp³-hybridized carbons (Fsp3) is 1.00. The van der Waals surface area contributed by atoms with Crippen molar-refractivity contribution in [2.75, 3.05) is 0 Å². The molecular formula is C8H19IOSe. The van der Waals surface area contributed by atoms with Gasteiger partial charge in [-0.15, -0.1) is 0 Å². The summed E-state index contributed by atoms with van der Waals surface area (Å²) in [7, 11) is 0. The van der Waals surface area contributed by atoms with E-state index < -0.39 is 0 Å². The molecule has 0 fully saturated rings. The smallest absolute Gasteiger partial charge is 1.00 e. The van der Waals surface area contributed by atoms with Gasteiger partial charge in [0.1, 0.15) is 0 Å². The van der Waals surface area contributed by atoms with Crippen LogP contribution in [-0.4, -0.2) is 25.1 Å². The fourth-order valence-corrected chi connectivity index (χ4v) is 3.89. The van der Waals surface area contributed by atoms with Crippen molar-refractivity contribution in [3.63, 3.8) is 0 Å². The van der Waals surface area contributed by atoms with Crippen LogP contribution in [0.15, 0.2) is 0 Å². The van der Waals surface area contributed by atoms with Gasteiger partial charge in [0.2, 0.25) is 0 Å². The van der Waals surface area contributed by atoms with Gasteiger partial charge in [-0.3, -0.25) is 0 Å². The molecule has 0 amide bonds. The van der Waals surface area contributed by atoms with Crippen LogP contribution in [0.2, 0.25) is 17.0 Å². The Labute approximate surface area is 91.9 Å². The van der Waals surface area contributed by atoms with Gasteiger partial charge >= 0.3 is 68.3 Å². The Bertz CT molecular complexity index is 76.2. The molecule has 3 heteroatoms. The van der Waals surface area contributed by atoms with Crippen LogP contribution in [0.3, 0.4) is 0 Å². The molecule has 70 valence electrons. The van der Waals surface area contributed by atoms with Crippen molar-refractivity contribution >= 4 is 13.9 Å². The number of halogens is 1. The minimum absolute atomic E-state index is 0. The maximum Gasteiger partial charge on any atom is -1.00 e. The van der Waals surface area contributed by atoms with Crippen LogP contribution in [0.25, 0.3) is 0 Å². The molecule has 0 aromatic heterocycles. The summed E-state index contributed by atoms with van der Waals surface area (Å²) in [5.41, 5.74) is 0. The monoisotopic (exact) mass is 338 g/mol. The van der Waals surface area contributed by atoms with E-state index in [0.717, 1.165) is 12.3 Å². The second-order valence-corrected chi connectivity index (χ2v) is 8.18. The molecule has 0 bridgehead atoms. The Balaban J connectivity index is 0. The third kappa shape index (κ3) is 11.2. The Kier molecular flexibility index (Phi) is 10.5. The van der Waals surface area contributed by atoms with Crippen LogP contribution in [0, 0.1) is 5.92 Å². The molecule has 0 aromatic rings. The third-order valence-electron chi connectivity index (χ3n) is 1.36. The molecule has 11 heavy (non-hydrogen) atoms. The molecular weight excluding hydrogens is 318 g/mol. The normalized spacial score (nSPS) is 15.8. The molecule has 0 aliphatic heterocycles. The number of rotatable bonds is 4.